The van der Waals surface area contributed by atoms with Gasteiger partial charge in [0.2, 0.25) is 12.7 Å². The van der Waals surface area contributed by atoms with Crippen molar-refractivity contribution in [2.75, 3.05) is 18.7 Å². The summed E-state index contributed by atoms with van der Waals surface area (Å²) in [4.78, 5) is 27.6. The number of likely N-dealkylation sites (N-methyl/N-ethyl adjacent to an activating group) is 1. The summed E-state index contributed by atoms with van der Waals surface area (Å²) in [5.41, 5.74) is 1.67. The van der Waals surface area contributed by atoms with Gasteiger partial charge in [0, 0.05) is 30.2 Å². The highest BCUT2D eigenvalue weighted by Gasteiger charge is 2.28. The molecule has 9 nitrogen and oxygen atoms in total. The van der Waals surface area contributed by atoms with Crippen LogP contribution in [0.1, 0.15) is 11.1 Å². The topological polar surface area (TPSA) is 114 Å². The minimum absolute atomic E-state index is 0.0321. The Balaban J connectivity index is 1.56. The molecule has 0 aromatic heterocycles. The van der Waals surface area contributed by atoms with Gasteiger partial charge in [-0.1, -0.05) is 41.9 Å². The van der Waals surface area contributed by atoms with Crippen molar-refractivity contribution >= 4 is 39.2 Å². The third-order valence-electron chi connectivity index (χ3n) is 5.62. The maximum atomic E-state index is 13.5. The smallest absolute Gasteiger partial charge is 0.329 e. The van der Waals surface area contributed by atoms with Crippen LogP contribution >= 0.6 is 11.6 Å². The zero-order valence-electron chi connectivity index (χ0n) is 19.5. The van der Waals surface area contributed by atoms with Gasteiger partial charge in [-0.25, -0.2) is 17.9 Å². The summed E-state index contributed by atoms with van der Waals surface area (Å²) in [5, 5.41) is 2.98. The largest absolute Gasteiger partial charge is 0.454 e. The number of carbonyl (C=O) groups excluding carboxylic acids is 2. The summed E-state index contributed by atoms with van der Waals surface area (Å²) in [6, 6.07) is 16.0. The predicted molar refractivity (Wildman–Crippen MR) is 135 cm³/mol. The molecule has 0 saturated heterocycles. The Morgan fingerprint density at radius 2 is 1.78 bits per heavy atom. The molecular formula is C25H24ClN3O6S. The van der Waals surface area contributed by atoms with Crippen molar-refractivity contribution in [3.63, 3.8) is 0 Å². The molecule has 3 amide bonds. The lowest BCUT2D eigenvalue weighted by Crippen LogP contribution is -2.52. The molecule has 0 fully saturated rings. The van der Waals surface area contributed by atoms with E-state index in [2.05, 4.69) is 5.32 Å². The van der Waals surface area contributed by atoms with Gasteiger partial charge in [-0.3, -0.25) is 4.79 Å². The number of urea groups is 1. The number of hydrogen-bond donors (Lipinski definition) is 2. The highest BCUT2D eigenvalue weighted by Crippen LogP contribution is 2.35. The first-order chi connectivity index (χ1) is 17.1. The number of anilines is 1. The van der Waals surface area contributed by atoms with E-state index in [9.17, 15) is 18.0 Å². The normalized spacial score (nSPS) is 13.1. The van der Waals surface area contributed by atoms with E-state index in [0.717, 1.165) is 0 Å². The second-order valence-electron chi connectivity index (χ2n) is 8.17. The molecule has 0 saturated carbocycles. The fraction of sp³-hybridized carbons (Fsp3) is 0.200. The van der Waals surface area contributed by atoms with Gasteiger partial charge in [-0.15, -0.1) is 0 Å². The number of amides is 3. The highest BCUT2D eigenvalue weighted by atomic mass is 35.5. The second kappa shape index (κ2) is 10.5. The summed E-state index contributed by atoms with van der Waals surface area (Å²) >= 11 is 6.10. The van der Waals surface area contributed by atoms with Gasteiger partial charge in [-0.2, -0.15) is 0 Å². The van der Waals surface area contributed by atoms with Crippen molar-refractivity contribution in [2.45, 2.75) is 24.3 Å². The van der Waals surface area contributed by atoms with Crippen molar-refractivity contribution in [1.29, 1.82) is 0 Å². The number of halogens is 1. The average Bonchev–Trinajstić information content (AvgIpc) is 3.30. The van der Waals surface area contributed by atoms with E-state index in [1.54, 1.807) is 74.6 Å². The third kappa shape index (κ3) is 5.72. The lowest BCUT2D eigenvalue weighted by atomic mass is 10.0. The van der Waals surface area contributed by atoms with E-state index in [4.69, 9.17) is 21.1 Å². The first kappa shape index (κ1) is 25.3. The van der Waals surface area contributed by atoms with E-state index in [1.807, 2.05) is 4.72 Å². The number of aryl methyl sites for hydroxylation is 1. The van der Waals surface area contributed by atoms with Crippen molar-refractivity contribution in [2.24, 2.45) is 0 Å². The van der Waals surface area contributed by atoms with Crippen molar-refractivity contribution < 1.29 is 27.5 Å². The Bertz CT molecular complexity index is 1410. The molecule has 1 unspecified atom stereocenters. The monoisotopic (exact) mass is 529 g/mol. The van der Waals surface area contributed by atoms with Crippen LogP contribution in [0.25, 0.3) is 0 Å². The molecule has 4 rings (SSSR count). The highest BCUT2D eigenvalue weighted by molar-refractivity contribution is 7.90. The lowest BCUT2D eigenvalue weighted by Gasteiger charge is -2.25. The van der Waals surface area contributed by atoms with Gasteiger partial charge in [0.15, 0.2) is 11.5 Å². The average molecular weight is 530 g/mol. The molecule has 0 aliphatic carbocycles. The minimum atomic E-state index is -4.16. The van der Waals surface area contributed by atoms with Gasteiger partial charge in [0.1, 0.15) is 6.04 Å². The number of benzene rings is 3. The van der Waals surface area contributed by atoms with E-state index in [0.29, 0.717) is 33.3 Å². The van der Waals surface area contributed by atoms with Gasteiger partial charge in [0.25, 0.3) is 10.0 Å². The molecule has 11 heteroatoms. The Hall–Kier alpha value is -3.76. The first-order valence-corrected chi connectivity index (χ1v) is 12.8. The molecule has 2 N–H and O–H groups in total. The van der Waals surface area contributed by atoms with E-state index in [-0.39, 0.29) is 18.1 Å². The molecule has 3 aromatic rings. The van der Waals surface area contributed by atoms with Crippen molar-refractivity contribution in [3.8, 4) is 11.5 Å². The van der Waals surface area contributed by atoms with Gasteiger partial charge in [0.05, 0.1) is 4.90 Å². The van der Waals surface area contributed by atoms with Crippen LogP contribution in [-0.4, -0.2) is 40.2 Å². The van der Waals surface area contributed by atoms with Gasteiger partial charge < -0.3 is 19.7 Å². The summed E-state index contributed by atoms with van der Waals surface area (Å²) in [6.07, 6.45) is 0.0755. The maximum Gasteiger partial charge on any atom is 0.329 e. The minimum Gasteiger partial charge on any atom is -0.454 e. The first-order valence-electron chi connectivity index (χ1n) is 10.9. The number of sulfonamides is 1. The SMILES string of the molecule is Cc1ccccc1S(=O)(=O)NC(=O)NC(Cc1cccc(Cl)c1)C(=O)N(C)c1ccc2c(c1)OCO2. The molecule has 1 heterocycles. The van der Waals surface area contributed by atoms with Crippen LogP contribution in [0.3, 0.4) is 0 Å². The molecule has 36 heavy (non-hydrogen) atoms. The van der Waals surface area contributed by atoms with Gasteiger partial charge >= 0.3 is 6.03 Å². The molecule has 3 aromatic carbocycles. The molecule has 1 aliphatic heterocycles. The van der Waals surface area contributed by atoms with Crippen LogP contribution in [-0.2, 0) is 21.2 Å². The van der Waals surface area contributed by atoms with Crippen LogP contribution in [0.5, 0.6) is 11.5 Å². The van der Waals surface area contributed by atoms with Crippen LogP contribution in [0.4, 0.5) is 10.5 Å². The molecule has 0 bridgehead atoms. The lowest BCUT2D eigenvalue weighted by molar-refractivity contribution is -0.120. The van der Waals surface area contributed by atoms with Crippen LogP contribution in [0.2, 0.25) is 5.02 Å². The Morgan fingerprint density at radius 1 is 1.03 bits per heavy atom. The number of carbonyl (C=O) groups is 2. The van der Waals surface area contributed by atoms with Gasteiger partial charge in [-0.05, 0) is 48.4 Å². The summed E-state index contributed by atoms with van der Waals surface area (Å²) in [6.45, 7) is 1.71. The molecule has 1 atom stereocenters. The summed E-state index contributed by atoms with van der Waals surface area (Å²) in [7, 11) is -2.61. The zero-order valence-corrected chi connectivity index (χ0v) is 21.1. The number of fused-ring (bicyclic) bond motifs is 1. The summed E-state index contributed by atoms with van der Waals surface area (Å²) < 4.78 is 38.2. The van der Waals surface area contributed by atoms with Crippen LogP contribution in [0, 0.1) is 6.92 Å². The Labute approximate surface area is 214 Å². The summed E-state index contributed by atoms with van der Waals surface area (Å²) in [5.74, 6) is 0.583. The number of ether oxygens (including phenoxy) is 2. The number of rotatable bonds is 7. The quantitative estimate of drug-likeness (QED) is 0.483. The standard InChI is InChI=1S/C25H24ClN3O6S/c1-16-6-3-4-9-23(16)36(32,33)28-25(31)27-20(13-17-7-5-8-18(26)12-17)24(30)29(2)19-10-11-21-22(14-19)35-15-34-21/h3-12,14,20H,13,15H2,1-2H3,(H2,27,28,31). The van der Waals surface area contributed by atoms with Crippen LogP contribution < -0.4 is 24.4 Å². The van der Waals surface area contributed by atoms with E-state index < -0.39 is 28.0 Å². The second-order valence-corrected chi connectivity index (χ2v) is 10.3. The van der Waals surface area contributed by atoms with Crippen molar-refractivity contribution in [1.82, 2.24) is 10.0 Å². The maximum absolute atomic E-state index is 13.5. The number of nitrogens with zero attached hydrogens (tertiary/aromatic N) is 1. The Kier molecular flexibility index (Phi) is 7.37. The van der Waals surface area contributed by atoms with E-state index >= 15 is 0 Å². The van der Waals surface area contributed by atoms with Crippen molar-refractivity contribution in [3.05, 3.63) is 82.9 Å². The zero-order chi connectivity index (χ0) is 25.9. The Morgan fingerprint density at radius 3 is 2.53 bits per heavy atom. The number of nitrogens with one attached hydrogen (secondary N) is 2. The fourth-order valence-electron chi connectivity index (χ4n) is 3.78. The van der Waals surface area contributed by atoms with Crippen LogP contribution in [0.15, 0.2) is 71.6 Å². The number of hydrogen-bond acceptors (Lipinski definition) is 6. The van der Waals surface area contributed by atoms with E-state index in [1.165, 1.54) is 11.0 Å². The molecule has 1 aliphatic rings. The molecule has 0 spiro atoms. The molecular weight excluding hydrogens is 506 g/mol. The fourth-order valence-corrected chi connectivity index (χ4v) is 5.15. The predicted octanol–water partition coefficient (Wildman–Crippen LogP) is 3.64. The third-order valence-corrected chi connectivity index (χ3v) is 7.34. The molecule has 188 valence electrons. The molecule has 0 radical (unpaired) electrons.